The summed E-state index contributed by atoms with van der Waals surface area (Å²) in [5, 5.41) is 21.5. The Hall–Kier alpha value is -0.550. The van der Waals surface area contributed by atoms with Gasteiger partial charge in [-0.3, -0.25) is 9.59 Å². The predicted octanol–water partition coefficient (Wildman–Crippen LogP) is 2.50. The van der Waals surface area contributed by atoms with E-state index >= 15 is 0 Å². The maximum atomic E-state index is 13.0. The molecule has 8 atom stereocenters. The van der Waals surface area contributed by atoms with E-state index in [0.29, 0.717) is 6.42 Å². The van der Waals surface area contributed by atoms with Crippen LogP contribution in [0.25, 0.3) is 0 Å². The number of fused-ring (bicyclic) bond motifs is 4. The van der Waals surface area contributed by atoms with Crippen molar-refractivity contribution < 1.29 is 34.0 Å². The minimum Gasteiger partial charge on any atom is -0.457 e. The number of esters is 1. The molecule has 0 amide bonds. The molecule has 29 heavy (non-hydrogen) atoms. The van der Waals surface area contributed by atoms with Gasteiger partial charge in [0.05, 0.1) is 30.8 Å². The number of aliphatic hydroxyl groups is 2. The number of hydrogen-bond acceptors (Lipinski definition) is 7. The van der Waals surface area contributed by atoms with Crippen LogP contribution < -0.4 is 0 Å². The number of aliphatic hydroxyl groups excluding tert-OH is 1. The van der Waals surface area contributed by atoms with Gasteiger partial charge in [0, 0.05) is 30.1 Å². The van der Waals surface area contributed by atoms with Crippen molar-refractivity contribution in [1.29, 1.82) is 0 Å². The summed E-state index contributed by atoms with van der Waals surface area (Å²) in [7, 11) is 0. The van der Waals surface area contributed by atoms with Crippen molar-refractivity contribution in [2.45, 2.75) is 89.7 Å². The molecular weight excluding hydrogens is 491 g/mol. The first-order valence-electron chi connectivity index (χ1n) is 10.2. The van der Waals surface area contributed by atoms with E-state index in [4.69, 9.17) is 14.2 Å². The maximum absolute atomic E-state index is 13.0. The molecule has 0 radical (unpaired) electrons. The zero-order chi connectivity index (χ0) is 21.6. The second-order valence-electron chi connectivity index (χ2n) is 9.28. The van der Waals surface area contributed by atoms with Crippen molar-refractivity contribution >= 4 is 34.3 Å². The van der Waals surface area contributed by atoms with Crippen LogP contribution in [-0.4, -0.2) is 58.3 Å². The summed E-state index contributed by atoms with van der Waals surface area (Å²) in [5.74, 6) is -3.45. The van der Waals surface area contributed by atoms with Gasteiger partial charge in [-0.25, -0.2) is 0 Å². The third-order valence-corrected chi connectivity index (χ3v) is 7.29. The van der Waals surface area contributed by atoms with Gasteiger partial charge in [-0.15, -0.1) is 0 Å². The molecule has 7 nitrogen and oxygen atoms in total. The number of carbonyl (C=O) groups is 2. The molecule has 0 aromatic rings. The summed E-state index contributed by atoms with van der Waals surface area (Å²) >= 11 is 2.07. The quantitative estimate of drug-likeness (QED) is 0.403. The fourth-order valence-electron chi connectivity index (χ4n) is 4.58. The molecule has 3 aliphatic rings. The first kappa shape index (κ1) is 23.1. The van der Waals surface area contributed by atoms with Crippen LogP contribution in [0.5, 0.6) is 0 Å². The van der Waals surface area contributed by atoms with E-state index in [1.165, 1.54) is 0 Å². The van der Waals surface area contributed by atoms with Crippen LogP contribution in [0.3, 0.4) is 0 Å². The van der Waals surface area contributed by atoms with E-state index in [1.807, 2.05) is 20.8 Å². The van der Waals surface area contributed by atoms with E-state index in [2.05, 4.69) is 22.6 Å². The Morgan fingerprint density at radius 1 is 1.17 bits per heavy atom. The average Bonchev–Trinajstić information content (AvgIpc) is 2.95. The fourth-order valence-corrected chi connectivity index (χ4v) is 4.95. The topological polar surface area (TPSA) is 102 Å². The first-order chi connectivity index (χ1) is 13.5. The minimum absolute atomic E-state index is 0.00320. The number of carbonyl (C=O) groups excluding carboxylic acids is 2. The highest BCUT2D eigenvalue weighted by Gasteiger charge is 2.56. The van der Waals surface area contributed by atoms with Crippen LogP contribution >= 0.6 is 22.6 Å². The lowest BCUT2D eigenvalue weighted by atomic mass is 9.77. The molecule has 0 unspecified atom stereocenters. The Morgan fingerprint density at radius 3 is 2.52 bits per heavy atom. The predicted molar refractivity (Wildman–Crippen MR) is 113 cm³/mol. The van der Waals surface area contributed by atoms with Crippen molar-refractivity contribution in [3.05, 3.63) is 10.2 Å². The van der Waals surface area contributed by atoms with Gasteiger partial charge in [0.1, 0.15) is 6.10 Å². The maximum Gasteiger partial charge on any atom is 0.309 e. The second-order valence-corrected chi connectivity index (χ2v) is 10.00. The number of ketones is 1. The van der Waals surface area contributed by atoms with Crippen molar-refractivity contribution in [3.8, 4) is 0 Å². The van der Waals surface area contributed by atoms with Crippen molar-refractivity contribution in [1.82, 2.24) is 0 Å². The van der Waals surface area contributed by atoms with Crippen LogP contribution in [0.15, 0.2) is 10.2 Å². The highest BCUT2D eigenvalue weighted by atomic mass is 127. The molecule has 8 heteroatoms. The molecular formula is C21H31IO7. The Bertz CT molecular complexity index is 678. The first-order valence-corrected chi connectivity index (χ1v) is 11.5. The number of halogens is 1. The van der Waals surface area contributed by atoms with Gasteiger partial charge >= 0.3 is 5.97 Å². The molecule has 3 saturated heterocycles. The van der Waals surface area contributed by atoms with Gasteiger partial charge < -0.3 is 24.4 Å². The van der Waals surface area contributed by atoms with Crippen LogP contribution in [0.1, 0.15) is 53.4 Å². The summed E-state index contributed by atoms with van der Waals surface area (Å²) in [6.45, 7) is 7.44. The molecule has 3 aliphatic heterocycles. The standard InChI is InChI=1S/C21H31IO7/c1-11-7-18-20(3,4)17(5-6-22)28-19(25)10-15-12(2)14(23)8-13(27-15)9-16(24)21(11,26)29-18/h5-6,11-15,17-18,23,26H,7-10H2,1-4H3/b6-5+/t11-,12-,13+,14+,15+,17-,18-,21+/m1/s1. The van der Waals surface area contributed by atoms with Gasteiger partial charge in [0.15, 0.2) is 5.78 Å². The third-order valence-electron chi connectivity index (χ3n) is 6.87. The summed E-state index contributed by atoms with van der Waals surface area (Å²) < 4.78 is 19.5. The highest BCUT2D eigenvalue weighted by molar-refractivity contribution is 14.1. The number of Topliss-reactive ketones (excluding diaryl/α,β-unsaturated/α-hetero) is 1. The Kier molecular flexibility index (Phi) is 6.80. The summed E-state index contributed by atoms with van der Waals surface area (Å²) in [6, 6.07) is 0. The van der Waals surface area contributed by atoms with Crippen LogP contribution in [0.2, 0.25) is 0 Å². The number of cyclic esters (lactones) is 1. The minimum atomic E-state index is -1.91. The van der Waals surface area contributed by atoms with Gasteiger partial charge in [-0.1, -0.05) is 50.3 Å². The SMILES string of the molecule is C[C@H]1[C@@H]2CC(=O)O[C@H](/C=C/I)C(C)(C)[C@H]3C[C@@H](C)[C@](O)(O3)C(=O)C[C@H](C[C@@H]1O)O2. The third kappa shape index (κ3) is 4.42. The molecule has 0 saturated carbocycles. The van der Waals surface area contributed by atoms with Gasteiger partial charge in [0.2, 0.25) is 5.79 Å². The molecule has 0 aromatic heterocycles. The van der Waals surface area contributed by atoms with Gasteiger partial charge in [-0.05, 0) is 16.6 Å². The number of ether oxygens (including phenoxy) is 3. The Morgan fingerprint density at radius 2 is 1.86 bits per heavy atom. The van der Waals surface area contributed by atoms with Crippen LogP contribution in [-0.2, 0) is 23.8 Å². The molecule has 0 aromatic carbocycles. The Labute approximate surface area is 185 Å². The largest absolute Gasteiger partial charge is 0.457 e. The molecule has 2 N–H and O–H groups in total. The molecule has 3 rings (SSSR count). The van der Waals surface area contributed by atoms with Crippen LogP contribution in [0, 0.1) is 17.3 Å². The van der Waals surface area contributed by atoms with Crippen molar-refractivity contribution in [2.24, 2.45) is 17.3 Å². The lowest BCUT2D eigenvalue weighted by Gasteiger charge is -2.39. The zero-order valence-electron chi connectivity index (χ0n) is 17.3. The summed E-state index contributed by atoms with van der Waals surface area (Å²) in [5.41, 5.74) is -0.661. The molecule has 0 spiro atoms. The van der Waals surface area contributed by atoms with E-state index in [1.54, 1.807) is 17.1 Å². The smallest absolute Gasteiger partial charge is 0.309 e. The molecule has 0 aliphatic carbocycles. The Balaban J connectivity index is 1.99. The lowest BCUT2D eigenvalue weighted by molar-refractivity contribution is -0.226. The monoisotopic (exact) mass is 522 g/mol. The number of rotatable bonds is 1. The van der Waals surface area contributed by atoms with Gasteiger partial charge in [-0.2, -0.15) is 0 Å². The molecule has 4 bridgehead atoms. The van der Waals surface area contributed by atoms with E-state index in [0.717, 1.165) is 0 Å². The average molecular weight is 522 g/mol. The second kappa shape index (κ2) is 8.53. The van der Waals surface area contributed by atoms with Crippen LogP contribution in [0.4, 0.5) is 0 Å². The van der Waals surface area contributed by atoms with Gasteiger partial charge in [0.25, 0.3) is 0 Å². The molecule has 3 fully saturated rings. The fraction of sp³-hybridized carbons (Fsp3) is 0.810. The van der Waals surface area contributed by atoms with Crippen molar-refractivity contribution in [2.75, 3.05) is 0 Å². The van der Waals surface area contributed by atoms with E-state index in [-0.39, 0.29) is 25.2 Å². The summed E-state index contributed by atoms with van der Waals surface area (Å²) in [6.07, 6.45) is -0.443. The molecule has 164 valence electrons. The van der Waals surface area contributed by atoms with E-state index < -0.39 is 59.4 Å². The number of hydrogen-bond donors (Lipinski definition) is 2. The zero-order valence-corrected chi connectivity index (χ0v) is 19.5. The van der Waals surface area contributed by atoms with Crippen molar-refractivity contribution in [3.63, 3.8) is 0 Å². The highest BCUT2D eigenvalue weighted by Crippen LogP contribution is 2.46. The van der Waals surface area contributed by atoms with E-state index in [9.17, 15) is 19.8 Å². The molecule has 3 heterocycles. The normalized spacial score (nSPS) is 46.0. The summed E-state index contributed by atoms with van der Waals surface area (Å²) in [4.78, 5) is 25.8. The lowest BCUT2D eigenvalue weighted by Crippen LogP contribution is -2.49.